The Kier molecular flexibility index (Phi) is 6.27. The lowest BCUT2D eigenvalue weighted by molar-refractivity contribution is 0.176. The van der Waals surface area contributed by atoms with Crippen LogP contribution in [0.4, 0.5) is 20.3 Å². The molecule has 0 aliphatic heterocycles. The van der Waals surface area contributed by atoms with E-state index >= 15 is 0 Å². The predicted octanol–water partition coefficient (Wildman–Crippen LogP) is 2.73. The highest BCUT2D eigenvalue weighted by molar-refractivity contribution is 7.92. The number of hydrogen-bond acceptors (Lipinski definition) is 5. The summed E-state index contributed by atoms with van der Waals surface area (Å²) in [7, 11) is -3.98. The summed E-state index contributed by atoms with van der Waals surface area (Å²) in [6, 6.07) is 5.49. The third-order valence-electron chi connectivity index (χ3n) is 3.36. The number of nitrogens with one attached hydrogen (secondary N) is 2. The minimum Gasteiger partial charge on any atom is -0.391 e. The van der Waals surface area contributed by atoms with Crippen LogP contribution in [-0.2, 0) is 10.0 Å². The molecule has 0 fully saturated rings. The maximum Gasteiger partial charge on any atom is 0.263 e. The normalized spacial score (nSPS) is 12.6. The van der Waals surface area contributed by atoms with Gasteiger partial charge >= 0.3 is 0 Å². The predicted molar refractivity (Wildman–Crippen MR) is 90.8 cm³/mol. The summed E-state index contributed by atoms with van der Waals surface area (Å²) in [4.78, 5) is 3.85. The van der Waals surface area contributed by atoms with Crippen molar-refractivity contribution in [2.24, 2.45) is 0 Å². The van der Waals surface area contributed by atoms with Crippen LogP contribution in [0.25, 0.3) is 0 Å². The summed E-state index contributed by atoms with van der Waals surface area (Å²) in [5, 5.41) is 12.6. The molecule has 3 N–H and O–H groups in total. The van der Waals surface area contributed by atoms with Crippen molar-refractivity contribution in [3.8, 4) is 0 Å². The van der Waals surface area contributed by atoms with Gasteiger partial charge in [-0.1, -0.05) is 13.3 Å². The standard InChI is InChI=1S/C16H19F2N3O3S/c1-2-3-12(22)9-19-16-7-5-13(10-20-16)25(23,24)21-11-4-6-14(17)15(18)8-11/h4-8,10,12,21-22H,2-3,9H2,1H3,(H,19,20). The summed E-state index contributed by atoms with van der Waals surface area (Å²) < 4.78 is 52.7. The largest absolute Gasteiger partial charge is 0.391 e. The highest BCUT2D eigenvalue weighted by Gasteiger charge is 2.16. The van der Waals surface area contributed by atoms with E-state index in [9.17, 15) is 22.3 Å². The lowest BCUT2D eigenvalue weighted by atomic mass is 10.2. The Morgan fingerprint density at radius 1 is 1.20 bits per heavy atom. The van der Waals surface area contributed by atoms with Crippen LogP contribution in [-0.4, -0.2) is 31.2 Å². The molecule has 2 rings (SSSR count). The van der Waals surface area contributed by atoms with Crippen LogP contribution in [0.1, 0.15) is 19.8 Å². The van der Waals surface area contributed by atoms with Crippen LogP contribution >= 0.6 is 0 Å². The summed E-state index contributed by atoms with van der Waals surface area (Å²) in [5.74, 6) is -1.80. The van der Waals surface area contributed by atoms with E-state index in [0.29, 0.717) is 18.8 Å². The quantitative estimate of drug-likeness (QED) is 0.664. The van der Waals surface area contributed by atoms with E-state index in [2.05, 4.69) is 15.0 Å². The molecule has 0 saturated heterocycles. The Bertz CT molecular complexity index is 814. The summed E-state index contributed by atoms with van der Waals surface area (Å²) in [6.07, 6.45) is 2.13. The third kappa shape index (κ3) is 5.36. The van der Waals surface area contributed by atoms with Crippen LogP contribution in [0.5, 0.6) is 0 Å². The van der Waals surface area contributed by atoms with Gasteiger partial charge in [0.2, 0.25) is 0 Å². The first-order valence-electron chi connectivity index (χ1n) is 7.67. The van der Waals surface area contributed by atoms with Crippen molar-refractivity contribution in [3.63, 3.8) is 0 Å². The number of benzene rings is 1. The molecule has 0 aliphatic carbocycles. The molecule has 0 radical (unpaired) electrons. The summed E-state index contributed by atoms with van der Waals surface area (Å²) in [6.45, 7) is 2.27. The van der Waals surface area contributed by atoms with Crippen molar-refractivity contribution in [3.05, 3.63) is 48.2 Å². The van der Waals surface area contributed by atoms with Crippen molar-refractivity contribution < 1.29 is 22.3 Å². The molecule has 1 atom stereocenters. The van der Waals surface area contributed by atoms with Gasteiger partial charge in [-0.25, -0.2) is 22.2 Å². The molecule has 25 heavy (non-hydrogen) atoms. The van der Waals surface area contributed by atoms with E-state index in [-0.39, 0.29) is 10.6 Å². The summed E-state index contributed by atoms with van der Waals surface area (Å²) in [5.41, 5.74) is -0.0937. The minimum atomic E-state index is -3.98. The molecule has 136 valence electrons. The zero-order chi connectivity index (χ0) is 18.4. The van der Waals surface area contributed by atoms with Gasteiger partial charge in [-0.2, -0.15) is 0 Å². The number of aliphatic hydroxyl groups excluding tert-OH is 1. The molecule has 0 amide bonds. The van der Waals surface area contributed by atoms with E-state index in [1.165, 1.54) is 12.1 Å². The van der Waals surface area contributed by atoms with E-state index in [1.807, 2.05) is 6.92 Å². The Balaban J connectivity index is 2.05. The molecular weight excluding hydrogens is 352 g/mol. The van der Waals surface area contributed by atoms with E-state index in [0.717, 1.165) is 30.8 Å². The lowest BCUT2D eigenvalue weighted by Gasteiger charge is -2.12. The van der Waals surface area contributed by atoms with Gasteiger partial charge in [0, 0.05) is 18.8 Å². The monoisotopic (exact) mass is 371 g/mol. The molecule has 6 nitrogen and oxygen atoms in total. The van der Waals surface area contributed by atoms with E-state index in [4.69, 9.17) is 0 Å². The first-order valence-corrected chi connectivity index (χ1v) is 9.16. The zero-order valence-corrected chi connectivity index (χ0v) is 14.4. The molecule has 0 spiro atoms. The molecule has 0 bridgehead atoms. The number of aromatic nitrogens is 1. The first-order chi connectivity index (χ1) is 11.8. The van der Waals surface area contributed by atoms with Crippen molar-refractivity contribution in [2.45, 2.75) is 30.8 Å². The van der Waals surface area contributed by atoms with Crippen molar-refractivity contribution >= 4 is 21.5 Å². The van der Waals surface area contributed by atoms with Crippen LogP contribution < -0.4 is 10.0 Å². The Labute approximate surface area is 145 Å². The smallest absolute Gasteiger partial charge is 0.263 e. The number of pyridine rings is 1. The number of aliphatic hydroxyl groups is 1. The Morgan fingerprint density at radius 3 is 2.56 bits per heavy atom. The highest BCUT2D eigenvalue weighted by Crippen LogP contribution is 2.18. The fourth-order valence-electron chi connectivity index (χ4n) is 2.08. The second-order valence-corrected chi connectivity index (χ2v) is 7.12. The maximum absolute atomic E-state index is 13.2. The van der Waals surface area contributed by atoms with Crippen molar-refractivity contribution in [2.75, 3.05) is 16.6 Å². The number of halogens is 2. The van der Waals surface area contributed by atoms with E-state index < -0.39 is 27.8 Å². The van der Waals surface area contributed by atoms with Gasteiger partial charge in [0.05, 0.1) is 11.8 Å². The number of sulfonamides is 1. The average Bonchev–Trinajstić information content (AvgIpc) is 2.57. The Hall–Kier alpha value is -2.26. The van der Waals surface area contributed by atoms with Crippen LogP contribution in [0, 0.1) is 11.6 Å². The third-order valence-corrected chi connectivity index (χ3v) is 4.73. The fourth-order valence-corrected chi connectivity index (χ4v) is 3.07. The van der Waals surface area contributed by atoms with Gasteiger partial charge in [0.1, 0.15) is 10.7 Å². The maximum atomic E-state index is 13.2. The average molecular weight is 371 g/mol. The van der Waals surface area contributed by atoms with Gasteiger partial charge in [-0.3, -0.25) is 4.72 Å². The molecule has 9 heteroatoms. The molecular formula is C16H19F2N3O3S. The van der Waals surface area contributed by atoms with Gasteiger partial charge in [-0.15, -0.1) is 0 Å². The topological polar surface area (TPSA) is 91.3 Å². The minimum absolute atomic E-state index is 0.0937. The number of hydrogen-bond donors (Lipinski definition) is 3. The van der Waals surface area contributed by atoms with Crippen LogP contribution in [0.15, 0.2) is 41.4 Å². The van der Waals surface area contributed by atoms with E-state index in [1.54, 1.807) is 0 Å². The second-order valence-electron chi connectivity index (χ2n) is 5.44. The number of rotatable bonds is 8. The first kappa shape index (κ1) is 19.1. The molecule has 1 aromatic heterocycles. The van der Waals surface area contributed by atoms with Crippen LogP contribution in [0.2, 0.25) is 0 Å². The van der Waals surface area contributed by atoms with Crippen LogP contribution in [0.3, 0.4) is 0 Å². The van der Waals surface area contributed by atoms with Crippen molar-refractivity contribution in [1.29, 1.82) is 0 Å². The molecule has 1 heterocycles. The number of anilines is 2. The highest BCUT2D eigenvalue weighted by atomic mass is 32.2. The fraction of sp³-hybridized carbons (Fsp3) is 0.312. The van der Waals surface area contributed by atoms with Crippen molar-refractivity contribution in [1.82, 2.24) is 4.98 Å². The van der Waals surface area contributed by atoms with Gasteiger partial charge in [0.15, 0.2) is 11.6 Å². The molecule has 2 aromatic rings. The molecule has 1 aromatic carbocycles. The van der Waals surface area contributed by atoms with Gasteiger partial charge in [0.25, 0.3) is 10.0 Å². The summed E-state index contributed by atoms with van der Waals surface area (Å²) >= 11 is 0. The lowest BCUT2D eigenvalue weighted by Crippen LogP contribution is -2.19. The SMILES string of the molecule is CCCC(O)CNc1ccc(S(=O)(=O)Nc2ccc(F)c(F)c2)cn1. The zero-order valence-electron chi connectivity index (χ0n) is 13.5. The molecule has 1 unspecified atom stereocenters. The van der Waals surface area contributed by atoms with Gasteiger partial charge < -0.3 is 10.4 Å². The molecule has 0 aliphatic rings. The second kappa shape index (κ2) is 8.21. The Morgan fingerprint density at radius 2 is 1.96 bits per heavy atom. The molecule has 0 saturated carbocycles. The number of nitrogens with zero attached hydrogens (tertiary/aromatic N) is 1. The van der Waals surface area contributed by atoms with Gasteiger partial charge in [-0.05, 0) is 30.7 Å².